The monoisotopic (exact) mass is 508 g/mol. The van der Waals surface area contributed by atoms with E-state index in [-0.39, 0.29) is 12.5 Å². The minimum absolute atomic E-state index is 0.0698. The number of amidine groups is 1. The van der Waals surface area contributed by atoms with Crippen molar-refractivity contribution in [2.45, 2.75) is 52.7 Å². The maximum absolute atomic E-state index is 13.4. The van der Waals surface area contributed by atoms with Gasteiger partial charge in [-0.25, -0.2) is 9.79 Å². The van der Waals surface area contributed by atoms with Crippen molar-refractivity contribution in [2.24, 2.45) is 4.99 Å². The number of hydrogen-bond donors (Lipinski definition) is 0. The standard InChI is InChI=1S/C28H32N2O5S/c1-4-6-15-34-22-13-12-21(17-23(22)33-5-2)26-25(27(32)35-18-20-10-8-7-9-11-20)19(3)29-28-30(26)24(31)14-16-36-28/h7-13,17,26H,4-6,14-16,18H2,1-3H3. The van der Waals surface area contributed by atoms with Crippen molar-refractivity contribution in [1.82, 2.24) is 4.90 Å². The van der Waals surface area contributed by atoms with E-state index in [1.165, 1.54) is 11.8 Å². The number of aliphatic imine (C=N–C) groups is 1. The molecule has 0 aromatic heterocycles. The predicted molar refractivity (Wildman–Crippen MR) is 141 cm³/mol. The van der Waals surface area contributed by atoms with Crippen molar-refractivity contribution >= 4 is 28.8 Å². The first-order valence-corrected chi connectivity index (χ1v) is 13.4. The molecule has 190 valence electrons. The molecule has 1 saturated heterocycles. The average Bonchev–Trinajstić information content (AvgIpc) is 2.88. The van der Waals surface area contributed by atoms with Crippen molar-refractivity contribution in [3.8, 4) is 11.5 Å². The summed E-state index contributed by atoms with van der Waals surface area (Å²) in [5.74, 6) is 1.33. The lowest BCUT2D eigenvalue weighted by atomic mass is 9.93. The summed E-state index contributed by atoms with van der Waals surface area (Å²) in [6, 6.07) is 14.5. The van der Waals surface area contributed by atoms with Crippen LogP contribution in [-0.4, -0.2) is 40.9 Å². The number of esters is 1. The number of thioether (sulfide) groups is 1. The van der Waals surface area contributed by atoms with Gasteiger partial charge in [-0.2, -0.15) is 0 Å². The first-order valence-electron chi connectivity index (χ1n) is 12.4. The molecule has 1 atom stereocenters. The van der Waals surface area contributed by atoms with Crippen LogP contribution in [-0.2, 0) is 20.9 Å². The summed E-state index contributed by atoms with van der Waals surface area (Å²) >= 11 is 1.52. The minimum Gasteiger partial charge on any atom is -0.490 e. The molecular weight excluding hydrogens is 476 g/mol. The van der Waals surface area contributed by atoms with E-state index in [1.54, 1.807) is 11.8 Å². The lowest BCUT2D eigenvalue weighted by Crippen LogP contribution is -2.45. The second-order valence-corrected chi connectivity index (χ2v) is 9.62. The van der Waals surface area contributed by atoms with Crippen LogP contribution in [0.25, 0.3) is 0 Å². The minimum atomic E-state index is -0.662. The molecule has 2 aliphatic rings. The highest BCUT2D eigenvalue weighted by molar-refractivity contribution is 8.14. The molecule has 2 heterocycles. The van der Waals surface area contributed by atoms with Crippen LogP contribution in [0, 0.1) is 0 Å². The molecule has 2 aliphatic heterocycles. The molecule has 4 rings (SSSR count). The molecule has 0 aliphatic carbocycles. The van der Waals surface area contributed by atoms with E-state index in [0.29, 0.717) is 53.3 Å². The number of benzene rings is 2. The van der Waals surface area contributed by atoms with Gasteiger partial charge in [-0.1, -0.05) is 61.5 Å². The molecule has 36 heavy (non-hydrogen) atoms. The Hall–Kier alpha value is -3.26. The van der Waals surface area contributed by atoms with Crippen LogP contribution in [0.1, 0.15) is 57.2 Å². The van der Waals surface area contributed by atoms with E-state index in [2.05, 4.69) is 11.9 Å². The summed E-state index contributed by atoms with van der Waals surface area (Å²) in [7, 11) is 0. The number of unbranched alkanes of at least 4 members (excludes halogenated alkanes) is 1. The maximum atomic E-state index is 13.4. The molecule has 0 saturated carbocycles. The normalized spacial score (nSPS) is 17.4. The summed E-state index contributed by atoms with van der Waals surface area (Å²) in [6.45, 7) is 7.00. The second kappa shape index (κ2) is 12.1. The van der Waals surface area contributed by atoms with Crippen molar-refractivity contribution < 1.29 is 23.8 Å². The fourth-order valence-corrected chi connectivity index (χ4v) is 5.19. The Morgan fingerprint density at radius 2 is 1.92 bits per heavy atom. The number of hydrogen-bond acceptors (Lipinski definition) is 7. The van der Waals surface area contributed by atoms with Crippen LogP contribution in [0.5, 0.6) is 11.5 Å². The highest BCUT2D eigenvalue weighted by atomic mass is 32.2. The summed E-state index contributed by atoms with van der Waals surface area (Å²) in [5.41, 5.74) is 2.54. The van der Waals surface area contributed by atoms with Gasteiger partial charge in [-0.15, -0.1) is 0 Å². The highest BCUT2D eigenvalue weighted by Gasteiger charge is 2.42. The number of ether oxygens (including phenoxy) is 3. The lowest BCUT2D eigenvalue weighted by Gasteiger charge is -2.39. The molecular formula is C28H32N2O5S. The van der Waals surface area contributed by atoms with Crippen molar-refractivity contribution in [3.05, 3.63) is 70.9 Å². The summed E-state index contributed by atoms with van der Waals surface area (Å²) in [5, 5.41) is 0.606. The Morgan fingerprint density at radius 3 is 2.67 bits per heavy atom. The Labute approximate surface area is 216 Å². The van der Waals surface area contributed by atoms with Crippen LogP contribution < -0.4 is 9.47 Å². The summed E-state index contributed by atoms with van der Waals surface area (Å²) in [4.78, 5) is 32.8. The van der Waals surface area contributed by atoms with Crippen molar-refractivity contribution in [3.63, 3.8) is 0 Å². The number of carbonyl (C=O) groups is 2. The number of amides is 1. The average molecular weight is 509 g/mol. The fraction of sp³-hybridized carbons (Fsp3) is 0.393. The van der Waals surface area contributed by atoms with Gasteiger partial charge in [0.2, 0.25) is 5.91 Å². The first-order chi connectivity index (χ1) is 17.5. The predicted octanol–water partition coefficient (Wildman–Crippen LogP) is 5.66. The third-order valence-corrected chi connectivity index (χ3v) is 6.93. The van der Waals surface area contributed by atoms with Crippen LogP contribution >= 0.6 is 11.8 Å². The molecule has 0 radical (unpaired) electrons. The summed E-state index contributed by atoms with van der Waals surface area (Å²) in [6.07, 6.45) is 2.34. The quantitative estimate of drug-likeness (QED) is 0.305. The van der Waals surface area contributed by atoms with E-state index >= 15 is 0 Å². The zero-order valence-corrected chi connectivity index (χ0v) is 21.8. The van der Waals surface area contributed by atoms with E-state index in [0.717, 1.165) is 24.0 Å². The second-order valence-electron chi connectivity index (χ2n) is 8.56. The van der Waals surface area contributed by atoms with Crippen molar-refractivity contribution in [2.75, 3.05) is 19.0 Å². The van der Waals surface area contributed by atoms with Gasteiger partial charge in [0.25, 0.3) is 0 Å². The fourth-order valence-electron chi connectivity index (χ4n) is 4.18. The SMILES string of the molecule is CCCCOc1ccc(C2C(C(=O)OCc3ccccc3)=C(C)N=C3SCCC(=O)N32)cc1OCC. The lowest BCUT2D eigenvalue weighted by molar-refractivity contribution is -0.141. The Balaban J connectivity index is 1.71. The maximum Gasteiger partial charge on any atom is 0.338 e. The highest BCUT2D eigenvalue weighted by Crippen LogP contribution is 2.42. The Morgan fingerprint density at radius 1 is 1.11 bits per heavy atom. The smallest absolute Gasteiger partial charge is 0.338 e. The van der Waals surface area contributed by atoms with Crippen molar-refractivity contribution in [1.29, 1.82) is 0 Å². The molecule has 1 amide bonds. The van der Waals surface area contributed by atoms with E-state index in [1.807, 2.05) is 55.5 Å². The molecule has 1 fully saturated rings. The topological polar surface area (TPSA) is 77.4 Å². The number of allylic oxidation sites excluding steroid dienone is 1. The van der Waals surface area contributed by atoms with Gasteiger partial charge in [0.1, 0.15) is 6.61 Å². The molecule has 8 heteroatoms. The number of carbonyl (C=O) groups excluding carboxylic acids is 2. The third kappa shape index (κ3) is 5.75. The third-order valence-electron chi connectivity index (χ3n) is 5.98. The van der Waals surface area contributed by atoms with Gasteiger partial charge in [-0.3, -0.25) is 9.69 Å². The summed E-state index contributed by atoms with van der Waals surface area (Å²) < 4.78 is 17.5. The molecule has 0 spiro atoms. The van der Waals surface area contributed by atoms with Gasteiger partial charge in [0.15, 0.2) is 16.7 Å². The van der Waals surface area contributed by atoms with Gasteiger partial charge in [-0.05, 0) is 43.5 Å². The zero-order valence-electron chi connectivity index (χ0n) is 21.0. The Bertz CT molecular complexity index is 1160. The van der Waals surface area contributed by atoms with Crippen LogP contribution in [0.3, 0.4) is 0 Å². The van der Waals surface area contributed by atoms with E-state index in [9.17, 15) is 9.59 Å². The molecule has 7 nitrogen and oxygen atoms in total. The van der Waals surface area contributed by atoms with Gasteiger partial charge in [0.05, 0.1) is 30.5 Å². The first kappa shape index (κ1) is 25.8. The van der Waals surface area contributed by atoms with Crippen LogP contribution in [0.2, 0.25) is 0 Å². The van der Waals surface area contributed by atoms with Crippen LogP contribution in [0.4, 0.5) is 0 Å². The van der Waals surface area contributed by atoms with E-state index in [4.69, 9.17) is 14.2 Å². The largest absolute Gasteiger partial charge is 0.490 e. The van der Waals surface area contributed by atoms with Crippen LogP contribution in [0.15, 0.2) is 64.8 Å². The number of rotatable bonds is 10. The molecule has 1 unspecified atom stereocenters. The molecule has 0 bridgehead atoms. The van der Waals surface area contributed by atoms with Gasteiger partial charge >= 0.3 is 5.97 Å². The molecule has 2 aromatic carbocycles. The zero-order chi connectivity index (χ0) is 25.5. The Kier molecular flexibility index (Phi) is 8.70. The number of fused-ring (bicyclic) bond motifs is 1. The molecule has 0 N–H and O–H groups in total. The van der Waals surface area contributed by atoms with E-state index < -0.39 is 12.0 Å². The van der Waals surface area contributed by atoms with Gasteiger partial charge in [0, 0.05) is 12.2 Å². The van der Waals surface area contributed by atoms with Gasteiger partial charge < -0.3 is 14.2 Å². The molecule has 2 aromatic rings. The number of nitrogens with zero attached hydrogens (tertiary/aromatic N) is 2.